The van der Waals surface area contributed by atoms with Crippen molar-refractivity contribution < 1.29 is 13.6 Å². The van der Waals surface area contributed by atoms with E-state index in [9.17, 15) is 14.0 Å². The van der Waals surface area contributed by atoms with E-state index in [4.69, 9.17) is 4.42 Å². The quantitative estimate of drug-likeness (QED) is 0.263. The number of allylic oxidation sites excluding steroid dienone is 1. The highest BCUT2D eigenvalue weighted by Gasteiger charge is 2.32. The van der Waals surface area contributed by atoms with Gasteiger partial charge in [0.1, 0.15) is 17.3 Å². The van der Waals surface area contributed by atoms with Crippen molar-refractivity contribution in [1.29, 1.82) is 0 Å². The third kappa shape index (κ3) is 5.01. The Morgan fingerprint density at radius 3 is 2.58 bits per heavy atom. The summed E-state index contributed by atoms with van der Waals surface area (Å²) in [6.07, 6.45) is 1.68. The molecule has 5 aromatic rings. The fourth-order valence-electron chi connectivity index (χ4n) is 4.65. The van der Waals surface area contributed by atoms with Crippen LogP contribution in [0.4, 0.5) is 10.1 Å². The molecule has 9 heteroatoms. The Balaban J connectivity index is 1.45. The van der Waals surface area contributed by atoms with Gasteiger partial charge >= 0.3 is 0 Å². The summed E-state index contributed by atoms with van der Waals surface area (Å²) >= 11 is 4.68. The van der Waals surface area contributed by atoms with E-state index in [1.54, 1.807) is 43.3 Å². The average Bonchev–Trinajstić information content (AvgIpc) is 3.53. The third-order valence-electron chi connectivity index (χ3n) is 6.49. The Morgan fingerprint density at radius 2 is 1.82 bits per heavy atom. The average molecular weight is 614 g/mol. The number of carbonyl (C=O) groups is 1. The van der Waals surface area contributed by atoms with Gasteiger partial charge in [-0.1, -0.05) is 69.7 Å². The number of fused-ring (bicyclic) bond motifs is 1. The number of carbonyl (C=O) groups excluding carboxylic acids is 1. The second-order valence-electron chi connectivity index (χ2n) is 9.17. The van der Waals surface area contributed by atoms with Crippen molar-refractivity contribution >= 4 is 44.9 Å². The maximum absolute atomic E-state index is 13.8. The number of rotatable bonds is 5. The van der Waals surface area contributed by atoms with Crippen LogP contribution < -0.4 is 20.2 Å². The summed E-state index contributed by atoms with van der Waals surface area (Å²) in [4.78, 5) is 32.5. The fourth-order valence-corrected chi connectivity index (χ4v) is 6.07. The van der Waals surface area contributed by atoms with Crippen LogP contribution in [0.15, 0.2) is 121 Å². The number of halogens is 2. The molecule has 198 valence electrons. The number of anilines is 1. The summed E-state index contributed by atoms with van der Waals surface area (Å²) < 4.78 is 22.7. The van der Waals surface area contributed by atoms with Crippen molar-refractivity contribution in [1.82, 2.24) is 4.57 Å². The molecule has 0 saturated carbocycles. The van der Waals surface area contributed by atoms with E-state index in [0.29, 0.717) is 43.4 Å². The third-order valence-corrected chi connectivity index (χ3v) is 7.97. The Hall–Kier alpha value is -4.34. The van der Waals surface area contributed by atoms with Gasteiger partial charge in [0.25, 0.3) is 11.5 Å². The van der Waals surface area contributed by atoms with Crippen molar-refractivity contribution in [3.63, 3.8) is 0 Å². The smallest absolute Gasteiger partial charge is 0.271 e. The van der Waals surface area contributed by atoms with Crippen molar-refractivity contribution in [3.8, 4) is 11.3 Å². The van der Waals surface area contributed by atoms with Gasteiger partial charge in [-0.25, -0.2) is 9.38 Å². The number of nitrogens with one attached hydrogen (secondary N) is 1. The predicted octanol–water partition coefficient (Wildman–Crippen LogP) is 6.04. The summed E-state index contributed by atoms with van der Waals surface area (Å²) in [5, 5.41) is 2.90. The van der Waals surface area contributed by atoms with Crippen LogP contribution in [0.5, 0.6) is 0 Å². The summed E-state index contributed by atoms with van der Waals surface area (Å²) in [5.74, 6) is 0.378. The molecule has 40 heavy (non-hydrogen) atoms. The number of aromatic nitrogens is 1. The number of hydrogen-bond acceptors (Lipinski definition) is 5. The first-order valence-corrected chi connectivity index (χ1v) is 14.0. The number of hydrogen-bond donors (Lipinski definition) is 1. The summed E-state index contributed by atoms with van der Waals surface area (Å²) in [7, 11) is 0. The van der Waals surface area contributed by atoms with Gasteiger partial charge < -0.3 is 9.73 Å². The van der Waals surface area contributed by atoms with Crippen LogP contribution in [0.2, 0.25) is 0 Å². The molecule has 6 rings (SSSR count). The lowest BCUT2D eigenvalue weighted by atomic mass is 9.95. The van der Waals surface area contributed by atoms with Crippen LogP contribution >= 0.6 is 27.3 Å². The molecule has 3 heterocycles. The molecule has 1 aliphatic heterocycles. The molecule has 0 fully saturated rings. The topological polar surface area (TPSA) is 76.6 Å². The van der Waals surface area contributed by atoms with E-state index in [1.807, 2.05) is 48.5 Å². The zero-order chi connectivity index (χ0) is 27.8. The lowest BCUT2D eigenvalue weighted by Crippen LogP contribution is -2.40. The maximum atomic E-state index is 13.8. The molecule has 6 nitrogen and oxygen atoms in total. The molecular weight excluding hydrogens is 593 g/mol. The van der Waals surface area contributed by atoms with Gasteiger partial charge in [0, 0.05) is 21.8 Å². The SMILES string of the molecule is CC1=C(C(=O)Nc2ccccc2)C(c2ccc(F)cc2)n2c(sc(=Cc3ccc(-c4cccc(Br)c4)o3)c2=O)=N1. The molecule has 1 N–H and O–H groups in total. The van der Waals surface area contributed by atoms with Crippen molar-refractivity contribution in [2.75, 3.05) is 5.32 Å². The molecule has 3 aromatic carbocycles. The van der Waals surface area contributed by atoms with E-state index >= 15 is 0 Å². The van der Waals surface area contributed by atoms with Crippen LogP contribution in [-0.4, -0.2) is 10.5 Å². The first-order valence-electron chi connectivity index (χ1n) is 12.4. The number of benzene rings is 3. The van der Waals surface area contributed by atoms with Crippen molar-refractivity contribution in [2.45, 2.75) is 13.0 Å². The Morgan fingerprint density at radius 1 is 1.05 bits per heavy atom. The van der Waals surface area contributed by atoms with E-state index in [-0.39, 0.29) is 11.5 Å². The van der Waals surface area contributed by atoms with Crippen molar-refractivity contribution in [2.24, 2.45) is 4.99 Å². The molecule has 1 amide bonds. The van der Waals surface area contributed by atoms with Crippen LogP contribution in [0.25, 0.3) is 17.4 Å². The molecule has 1 unspecified atom stereocenters. The second kappa shape index (κ2) is 10.7. The minimum atomic E-state index is -0.795. The van der Waals surface area contributed by atoms with Gasteiger partial charge in [0.15, 0.2) is 4.80 Å². The summed E-state index contributed by atoms with van der Waals surface area (Å²) in [6, 6.07) is 25.5. The van der Waals surface area contributed by atoms with E-state index in [0.717, 1.165) is 10.0 Å². The number of furan rings is 1. The van der Waals surface area contributed by atoms with Gasteiger partial charge in [-0.3, -0.25) is 14.2 Å². The minimum absolute atomic E-state index is 0.310. The molecule has 2 aromatic heterocycles. The molecule has 0 aliphatic carbocycles. The summed E-state index contributed by atoms with van der Waals surface area (Å²) in [5.41, 5.74) is 2.57. The van der Waals surface area contributed by atoms with Crippen LogP contribution in [0.1, 0.15) is 24.3 Å². The monoisotopic (exact) mass is 613 g/mol. The number of thiazole rings is 1. The van der Waals surface area contributed by atoms with Crippen LogP contribution in [0, 0.1) is 5.82 Å². The molecule has 0 radical (unpaired) electrons. The Labute approximate surface area is 240 Å². The van der Waals surface area contributed by atoms with Crippen LogP contribution in [-0.2, 0) is 4.79 Å². The van der Waals surface area contributed by atoms with Gasteiger partial charge in [0.2, 0.25) is 0 Å². The highest BCUT2D eigenvalue weighted by Crippen LogP contribution is 2.31. The number of para-hydroxylation sites is 1. The minimum Gasteiger partial charge on any atom is -0.457 e. The lowest BCUT2D eigenvalue weighted by Gasteiger charge is -2.25. The van der Waals surface area contributed by atoms with Crippen LogP contribution in [0.3, 0.4) is 0 Å². The van der Waals surface area contributed by atoms with E-state index in [1.165, 1.54) is 28.0 Å². The zero-order valence-corrected chi connectivity index (χ0v) is 23.5. The molecule has 1 atom stereocenters. The predicted molar refractivity (Wildman–Crippen MR) is 157 cm³/mol. The molecule has 1 aliphatic rings. The van der Waals surface area contributed by atoms with Gasteiger partial charge in [-0.15, -0.1) is 0 Å². The highest BCUT2D eigenvalue weighted by molar-refractivity contribution is 9.10. The molecule has 0 saturated heterocycles. The normalized spacial score (nSPS) is 15.1. The van der Waals surface area contributed by atoms with E-state index < -0.39 is 11.9 Å². The molecule has 0 spiro atoms. The molecule has 0 bridgehead atoms. The first-order chi connectivity index (χ1) is 19.4. The number of amides is 1. The number of nitrogens with zero attached hydrogens (tertiary/aromatic N) is 2. The van der Waals surface area contributed by atoms with Gasteiger partial charge in [0.05, 0.1) is 21.8 Å². The van der Waals surface area contributed by atoms with Crippen molar-refractivity contribution in [3.05, 3.63) is 144 Å². The highest BCUT2D eigenvalue weighted by atomic mass is 79.9. The zero-order valence-electron chi connectivity index (χ0n) is 21.1. The standard InChI is InChI=1S/C31H21BrFN3O3S/c1-18-27(29(37)35-23-8-3-2-4-9-23)28(19-10-12-22(33)13-11-19)36-30(38)26(40-31(36)34-18)17-24-14-15-25(39-24)20-6-5-7-21(32)16-20/h2-17,28H,1H3,(H,35,37). The largest absolute Gasteiger partial charge is 0.457 e. The Kier molecular flexibility index (Phi) is 6.91. The molecular formula is C31H21BrFN3O3S. The lowest BCUT2D eigenvalue weighted by molar-refractivity contribution is -0.113. The fraction of sp³-hybridized carbons (Fsp3) is 0.0645. The Bertz CT molecular complexity index is 1960. The summed E-state index contributed by atoms with van der Waals surface area (Å²) in [6.45, 7) is 1.74. The van der Waals surface area contributed by atoms with Gasteiger partial charge in [-0.05, 0) is 61.0 Å². The van der Waals surface area contributed by atoms with E-state index in [2.05, 4.69) is 26.2 Å². The second-order valence-corrected chi connectivity index (χ2v) is 11.1. The maximum Gasteiger partial charge on any atom is 0.271 e. The first kappa shape index (κ1) is 25.9. The van der Waals surface area contributed by atoms with Gasteiger partial charge in [-0.2, -0.15) is 0 Å².